The second kappa shape index (κ2) is 5.58. The molecule has 1 N–H and O–H groups in total. The van der Waals surface area contributed by atoms with Crippen LogP contribution in [0.1, 0.15) is 36.9 Å². The molecule has 120 valence electrons. The summed E-state index contributed by atoms with van der Waals surface area (Å²) in [5, 5.41) is -0.419. The number of aryl methyl sites for hydroxylation is 1. The van der Waals surface area contributed by atoms with E-state index in [9.17, 15) is 13.2 Å². The van der Waals surface area contributed by atoms with E-state index in [0.717, 1.165) is 0 Å². The van der Waals surface area contributed by atoms with Gasteiger partial charge in [0, 0.05) is 6.07 Å². The van der Waals surface area contributed by atoms with Crippen LogP contribution in [0, 0.1) is 6.92 Å². The van der Waals surface area contributed by atoms with Crippen molar-refractivity contribution < 1.29 is 22.4 Å². The van der Waals surface area contributed by atoms with E-state index in [0.29, 0.717) is 0 Å². The monoisotopic (exact) mass is 333 g/mol. The molecular formula is C13H23NO5SSi. The highest BCUT2D eigenvalue weighted by Crippen LogP contribution is 2.35. The molecular weight excluding hydrogens is 310 g/mol. The molecule has 0 aromatic carbocycles. The Kier molecular flexibility index (Phi) is 4.76. The molecule has 1 heterocycles. The van der Waals surface area contributed by atoms with Crippen LogP contribution in [0.4, 0.5) is 0 Å². The predicted octanol–water partition coefficient (Wildman–Crippen LogP) is 2.66. The zero-order valence-electron chi connectivity index (χ0n) is 13.5. The zero-order valence-corrected chi connectivity index (χ0v) is 15.3. The number of methoxy groups -OCH3 is 1. The van der Waals surface area contributed by atoms with Crippen molar-refractivity contribution in [1.29, 1.82) is 0 Å². The molecule has 0 radical (unpaired) electrons. The van der Waals surface area contributed by atoms with Crippen LogP contribution in [0.25, 0.3) is 0 Å². The third-order valence-corrected chi connectivity index (χ3v) is 11.4. The minimum atomic E-state index is -3.81. The fourth-order valence-electron chi connectivity index (χ4n) is 1.44. The summed E-state index contributed by atoms with van der Waals surface area (Å²) in [6.45, 7) is 11.4. The van der Waals surface area contributed by atoms with Crippen molar-refractivity contribution in [2.75, 3.05) is 7.11 Å². The van der Waals surface area contributed by atoms with Gasteiger partial charge in [-0.15, -0.1) is 0 Å². The van der Waals surface area contributed by atoms with Crippen LogP contribution in [0.3, 0.4) is 0 Å². The third kappa shape index (κ3) is 3.75. The normalized spacial score (nSPS) is 13.3. The Balaban J connectivity index is 3.19. The summed E-state index contributed by atoms with van der Waals surface area (Å²) >= 11 is 0. The van der Waals surface area contributed by atoms with Gasteiger partial charge in [0.2, 0.25) is 5.09 Å². The number of hydrogen-bond acceptors (Lipinski definition) is 5. The Hall–Kier alpha value is -1.12. The van der Waals surface area contributed by atoms with Crippen molar-refractivity contribution in [3.05, 3.63) is 17.4 Å². The van der Waals surface area contributed by atoms with E-state index in [-0.39, 0.29) is 21.5 Å². The first kappa shape index (κ1) is 17.9. The van der Waals surface area contributed by atoms with Crippen LogP contribution in [-0.2, 0) is 14.8 Å². The highest BCUT2D eigenvalue weighted by atomic mass is 32.2. The van der Waals surface area contributed by atoms with E-state index in [1.54, 1.807) is 0 Å². The summed E-state index contributed by atoms with van der Waals surface area (Å²) in [6.07, 6.45) is 0. The molecule has 0 saturated carbocycles. The lowest BCUT2D eigenvalue weighted by molar-refractivity contribution is 0.0599. The standard InChI is InChI=1S/C13H23NO5SSi/c1-9-10(12(15)18-5)8-11(19-9)20(16,17)14-21(6,7)13(2,3)4/h8,14H,1-7H3. The fourth-order valence-corrected chi connectivity index (χ4v) is 6.26. The number of esters is 1. The molecule has 0 spiro atoms. The van der Waals surface area contributed by atoms with Gasteiger partial charge in [0.25, 0.3) is 10.0 Å². The van der Waals surface area contributed by atoms with Gasteiger partial charge in [0.1, 0.15) is 19.6 Å². The van der Waals surface area contributed by atoms with Gasteiger partial charge in [-0.25, -0.2) is 17.6 Å². The summed E-state index contributed by atoms with van der Waals surface area (Å²) in [6, 6.07) is 1.20. The second-order valence-corrected chi connectivity index (χ2v) is 13.5. The lowest BCUT2D eigenvalue weighted by Gasteiger charge is -2.36. The molecule has 1 aromatic heterocycles. The van der Waals surface area contributed by atoms with E-state index in [2.05, 4.69) is 9.12 Å². The van der Waals surface area contributed by atoms with Gasteiger partial charge in [-0.1, -0.05) is 33.9 Å². The van der Waals surface area contributed by atoms with Crippen molar-refractivity contribution in [2.45, 2.75) is 50.9 Å². The van der Waals surface area contributed by atoms with Gasteiger partial charge >= 0.3 is 5.97 Å². The van der Waals surface area contributed by atoms with Crippen molar-refractivity contribution in [3.8, 4) is 0 Å². The molecule has 0 bridgehead atoms. The molecule has 0 fully saturated rings. The van der Waals surface area contributed by atoms with E-state index in [1.165, 1.54) is 20.1 Å². The van der Waals surface area contributed by atoms with Crippen molar-refractivity contribution >= 4 is 24.2 Å². The molecule has 0 aliphatic carbocycles. The first-order valence-electron chi connectivity index (χ1n) is 6.54. The van der Waals surface area contributed by atoms with Gasteiger partial charge in [0.05, 0.1) is 7.11 Å². The Bertz CT molecular complexity index is 640. The van der Waals surface area contributed by atoms with Gasteiger partial charge in [-0.2, -0.15) is 0 Å². The molecule has 0 unspecified atom stereocenters. The van der Waals surface area contributed by atoms with Crippen LogP contribution in [0.2, 0.25) is 18.1 Å². The average Bonchev–Trinajstić information content (AvgIpc) is 2.68. The Labute approximate surface area is 127 Å². The zero-order chi connectivity index (χ0) is 16.6. The fraction of sp³-hybridized carbons (Fsp3) is 0.615. The lowest BCUT2D eigenvalue weighted by atomic mass is 10.2. The van der Waals surface area contributed by atoms with E-state index in [1.807, 2.05) is 33.9 Å². The van der Waals surface area contributed by atoms with Gasteiger partial charge in [0.15, 0.2) is 0 Å². The number of sulfonamides is 1. The highest BCUT2D eigenvalue weighted by molar-refractivity contribution is 7.90. The highest BCUT2D eigenvalue weighted by Gasteiger charge is 2.40. The minimum Gasteiger partial charge on any atom is -0.465 e. The quantitative estimate of drug-likeness (QED) is 0.676. The molecule has 0 atom stereocenters. The molecule has 0 aliphatic rings. The SMILES string of the molecule is COC(=O)c1cc(S(=O)(=O)N[Si](C)(C)C(C)(C)C)oc1C. The van der Waals surface area contributed by atoms with Crippen molar-refractivity contribution in [3.63, 3.8) is 0 Å². The topological polar surface area (TPSA) is 85.6 Å². The van der Waals surface area contributed by atoms with Gasteiger partial charge in [-0.05, 0) is 12.0 Å². The largest absolute Gasteiger partial charge is 0.465 e. The minimum absolute atomic E-state index is 0.119. The number of ether oxygens (including phenoxy) is 1. The smallest absolute Gasteiger partial charge is 0.341 e. The Morgan fingerprint density at radius 3 is 2.29 bits per heavy atom. The Morgan fingerprint density at radius 1 is 1.33 bits per heavy atom. The second-order valence-electron chi connectivity index (χ2n) is 6.51. The van der Waals surface area contributed by atoms with Gasteiger partial charge < -0.3 is 9.15 Å². The Morgan fingerprint density at radius 2 is 1.86 bits per heavy atom. The number of rotatable bonds is 4. The van der Waals surface area contributed by atoms with Crippen molar-refractivity contribution in [1.82, 2.24) is 4.39 Å². The summed E-state index contributed by atoms with van der Waals surface area (Å²) in [5.74, 6) is -0.400. The maximum absolute atomic E-state index is 12.4. The van der Waals surface area contributed by atoms with E-state index < -0.39 is 24.2 Å². The molecule has 1 aromatic rings. The third-order valence-electron chi connectivity index (χ3n) is 3.83. The van der Waals surface area contributed by atoms with Crippen LogP contribution < -0.4 is 4.39 Å². The average molecular weight is 333 g/mol. The number of carbonyl (C=O) groups excluding carboxylic acids is 1. The molecule has 0 saturated heterocycles. The summed E-state index contributed by atoms with van der Waals surface area (Å²) in [7, 11) is -4.86. The number of nitrogens with one attached hydrogen (secondary N) is 1. The maximum atomic E-state index is 12.4. The molecule has 1 rings (SSSR count). The van der Waals surface area contributed by atoms with Crippen LogP contribution in [-0.4, -0.2) is 29.7 Å². The lowest BCUT2D eigenvalue weighted by Crippen LogP contribution is -2.54. The summed E-state index contributed by atoms with van der Waals surface area (Å²) in [4.78, 5) is 11.5. The van der Waals surface area contributed by atoms with E-state index >= 15 is 0 Å². The first-order valence-corrected chi connectivity index (χ1v) is 11.0. The van der Waals surface area contributed by atoms with Gasteiger partial charge in [-0.3, -0.25) is 0 Å². The molecule has 0 aliphatic heterocycles. The number of carbonyl (C=O) groups is 1. The van der Waals surface area contributed by atoms with Crippen LogP contribution in [0.15, 0.2) is 15.6 Å². The van der Waals surface area contributed by atoms with E-state index in [4.69, 9.17) is 4.42 Å². The maximum Gasteiger partial charge on any atom is 0.341 e. The number of hydrogen-bond donors (Lipinski definition) is 1. The van der Waals surface area contributed by atoms with Crippen molar-refractivity contribution in [2.24, 2.45) is 0 Å². The molecule has 6 nitrogen and oxygen atoms in total. The first-order chi connectivity index (χ1) is 9.32. The van der Waals surface area contributed by atoms with Crippen LogP contribution >= 0.6 is 0 Å². The summed E-state index contributed by atoms with van der Waals surface area (Å²) < 4.78 is 37.5. The predicted molar refractivity (Wildman–Crippen MR) is 82.3 cm³/mol. The number of furan rings is 1. The molecule has 8 heteroatoms. The molecule has 21 heavy (non-hydrogen) atoms. The summed E-state index contributed by atoms with van der Waals surface area (Å²) in [5.41, 5.74) is 0.119. The molecule has 0 amide bonds. The van der Waals surface area contributed by atoms with Crippen LogP contribution in [0.5, 0.6) is 0 Å².